The highest BCUT2D eigenvalue weighted by Crippen LogP contribution is 2.43. The van der Waals surface area contributed by atoms with Crippen LogP contribution in [0.3, 0.4) is 0 Å². The third-order valence-corrected chi connectivity index (χ3v) is 14.3. The molecule has 0 unspecified atom stereocenters. The Morgan fingerprint density at radius 2 is 1.37 bits per heavy atom. The zero-order valence-corrected chi connectivity index (χ0v) is 39.3. The van der Waals surface area contributed by atoms with Crippen molar-refractivity contribution in [2.45, 2.75) is 61.8 Å². The molecule has 0 spiro atoms. The van der Waals surface area contributed by atoms with Gasteiger partial charge >= 0.3 is 6.09 Å². The van der Waals surface area contributed by atoms with Crippen molar-refractivity contribution in [2.75, 3.05) is 39.4 Å². The number of fused-ring (bicyclic) bond motifs is 1. The number of alkyl carbamates (subject to hydrolysis) is 1. The zero-order valence-electron chi connectivity index (χ0n) is 37.6. The van der Waals surface area contributed by atoms with Gasteiger partial charge in [-0.3, -0.25) is 0 Å². The number of carbonyl (C=O) groups is 1. The number of para-hydroxylation sites is 1. The van der Waals surface area contributed by atoms with Crippen molar-refractivity contribution in [3.63, 3.8) is 0 Å². The van der Waals surface area contributed by atoms with Crippen LogP contribution >= 0.6 is 0 Å². The summed E-state index contributed by atoms with van der Waals surface area (Å²) in [5, 5.41) is 26.3. The van der Waals surface area contributed by atoms with Crippen LogP contribution in [0.2, 0.25) is 0 Å². The molecule has 5 aromatic carbocycles. The summed E-state index contributed by atoms with van der Waals surface area (Å²) in [7, 11) is -5.24. The van der Waals surface area contributed by atoms with E-state index in [4.69, 9.17) is 29.8 Å². The Labute approximate surface area is 387 Å². The molecule has 1 amide bonds. The van der Waals surface area contributed by atoms with Crippen molar-refractivity contribution in [3.05, 3.63) is 120 Å². The van der Waals surface area contributed by atoms with Gasteiger partial charge < -0.3 is 40.1 Å². The number of benzene rings is 5. The Hall–Kier alpha value is -7.07. The van der Waals surface area contributed by atoms with Crippen molar-refractivity contribution >= 4 is 42.9 Å². The summed E-state index contributed by atoms with van der Waals surface area (Å²) in [6.45, 7) is 3.64. The van der Waals surface area contributed by atoms with E-state index in [9.17, 15) is 9.90 Å². The van der Waals surface area contributed by atoms with Gasteiger partial charge in [0.2, 0.25) is 15.8 Å². The number of sulfonamides is 1. The molecule has 7 aromatic rings. The predicted octanol–water partition coefficient (Wildman–Crippen LogP) is 5.59. The molecule has 0 bridgehead atoms. The Bertz CT molecular complexity index is 3030. The molecular formula is C46H51N9O10S2. The highest BCUT2D eigenvalue weighted by molar-refractivity contribution is 7.93. The molecule has 2 heterocycles. The first-order valence-corrected chi connectivity index (χ1v) is 23.9. The summed E-state index contributed by atoms with van der Waals surface area (Å²) < 4.78 is 84.8. The molecule has 5 N–H and O–H groups in total. The fourth-order valence-corrected chi connectivity index (χ4v) is 11.2. The third kappa shape index (κ3) is 11.1. The second-order valence-corrected chi connectivity index (χ2v) is 20.3. The average Bonchev–Trinajstić information content (AvgIpc) is 3.93. The lowest BCUT2D eigenvalue weighted by Crippen LogP contribution is -2.44. The Morgan fingerprint density at radius 1 is 0.806 bits per heavy atom. The molecule has 0 aliphatic heterocycles. The number of amides is 1. The SMILES string of the molecule is COc1ccc(CN(Cc2ccc(OC)cc2)S(=O)(=O)c2c(S(=O)(=O)C[C@H](CO)NC(=O)OC(C)(C)C)ccc(-c3cccc4[nH]c(N)nc34)c2-c2nnn(Cc3ccc(OC)cc3)n2)cc1. The second-order valence-electron chi connectivity index (χ2n) is 16.4. The van der Waals surface area contributed by atoms with Crippen LogP contribution in [0.1, 0.15) is 37.5 Å². The van der Waals surface area contributed by atoms with Crippen LogP contribution < -0.4 is 25.3 Å². The first-order valence-electron chi connectivity index (χ1n) is 20.8. The zero-order chi connectivity index (χ0) is 48.1. The number of anilines is 1. The van der Waals surface area contributed by atoms with Gasteiger partial charge in [0.15, 0.2) is 15.8 Å². The van der Waals surface area contributed by atoms with Crippen LogP contribution in [0.15, 0.2) is 113 Å². The maximum atomic E-state index is 16.1. The number of rotatable bonds is 18. The number of nitrogens with one attached hydrogen (secondary N) is 2. The summed E-state index contributed by atoms with van der Waals surface area (Å²) in [5.41, 5.74) is 8.22. The molecule has 67 heavy (non-hydrogen) atoms. The fraction of sp³-hybridized carbons (Fsp3) is 0.283. The number of methoxy groups -OCH3 is 3. The number of nitrogen functional groups attached to an aromatic ring is 1. The predicted molar refractivity (Wildman–Crippen MR) is 250 cm³/mol. The topological polar surface area (TPSA) is 256 Å². The molecule has 352 valence electrons. The number of tetrazole rings is 1. The van der Waals surface area contributed by atoms with Gasteiger partial charge in [-0.1, -0.05) is 54.6 Å². The minimum Gasteiger partial charge on any atom is -0.497 e. The van der Waals surface area contributed by atoms with Gasteiger partial charge in [-0.2, -0.15) is 9.10 Å². The van der Waals surface area contributed by atoms with Crippen LogP contribution in [0.25, 0.3) is 33.5 Å². The van der Waals surface area contributed by atoms with E-state index in [1.54, 1.807) is 119 Å². The van der Waals surface area contributed by atoms with E-state index in [2.05, 4.69) is 25.6 Å². The lowest BCUT2D eigenvalue weighted by molar-refractivity contribution is 0.0490. The largest absolute Gasteiger partial charge is 0.497 e. The normalized spacial score (nSPS) is 12.5. The number of imidazole rings is 1. The molecule has 7 rings (SSSR count). The number of nitrogens with zero attached hydrogens (tertiary/aromatic N) is 6. The summed E-state index contributed by atoms with van der Waals surface area (Å²) in [6.07, 6.45) is -0.986. The lowest BCUT2D eigenvalue weighted by atomic mass is 9.98. The Morgan fingerprint density at radius 3 is 1.91 bits per heavy atom. The number of hydrogen-bond acceptors (Lipinski definition) is 15. The highest BCUT2D eigenvalue weighted by Gasteiger charge is 2.39. The van der Waals surface area contributed by atoms with Crippen molar-refractivity contribution in [1.29, 1.82) is 0 Å². The first-order chi connectivity index (χ1) is 31.9. The standard InChI is InChI=1S/C46H51N9O10S2/c1-46(2,3)65-45(57)48-32(27-56)28-66(58,59)39-23-22-36(37-8-7-9-38-41(37)50-44(47)49-38)40(43-51-53-55(52-43)26-31-14-20-35(64-6)21-15-31)42(39)67(60,61)54(24-29-10-16-33(62-4)17-11-29)25-30-12-18-34(63-5)19-13-30/h7-23,32,56H,24-28H2,1-6H3,(H,48,57)(H3,47,49,50)/t32-/m0/s1. The van der Waals surface area contributed by atoms with Crippen LogP contribution in [-0.4, -0.2) is 108 Å². The molecule has 0 saturated carbocycles. The van der Waals surface area contributed by atoms with Gasteiger partial charge in [0, 0.05) is 18.7 Å². The Kier molecular flexibility index (Phi) is 14.2. The van der Waals surface area contributed by atoms with E-state index in [1.165, 1.54) is 31.1 Å². The number of hydrogen-bond donors (Lipinski definition) is 4. The van der Waals surface area contributed by atoms with E-state index >= 15 is 16.8 Å². The van der Waals surface area contributed by atoms with Crippen molar-refractivity contribution in [3.8, 4) is 39.8 Å². The summed E-state index contributed by atoms with van der Waals surface area (Å²) in [5.74, 6) is 0.597. The van der Waals surface area contributed by atoms with Crippen LogP contribution in [0.4, 0.5) is 10.7 Å². The van der Waals surface area contributed by atoms with Crippen LogP contribution in [-0.2, 0) is 44.2 Å². The van der Waals surface area contributed by atoms with E-state index in [0.717, 1.165) is 9.87 Å². The van der Waals surface area contributed by atoms with Gasteiger partial charge in [-0.25, -0.2) is 26.6 Å². The smallest absolute Gasteiger partial charge is 0.407 e. The van der Waals surface area contributed by atoms with Crippen LogP contribution in [0.5, 0.6) is 17.2 Å². The molecule has 0 fully saturated rings. The maximum Gasteiger partial charge on any atom is 0.407 e. The molecule has 0 saturated heterocycles. The fourth-order valence-electron chi connectivity index (χ4n) is 7.28. The van der Waals surface area contributed by atoms with Gasteiger partial charge in [0.1, 0.15) is 27.7 Å². The molecule has 21 heteroatoms. The molecule has 0 aliphatic rings. The van der Waals surface area contributed by atoms with Crippen molar-refractivity contribution < 1.29 is 45.7 Å². The average molecular weight is 954 g/mol. The first kappa shape index (κ1) is 47.9. The summed E-state index contributed by atoms with van der Waals surface area (Å²) >= 11 is 0. The van der Waals surface area contributed by atoms with Gasteiger partial charge in [-0.15, -0.1) is 10.2 Å². The minimum atomic E-state index is -5.01. The number of H-pyrrole nitrogens is 1. The quantitative estimate of drug-likeness (QED) is 0.0818. The summed E-state index contributed by atoms with van der Waals surface area (Å²) in [6, 6.07) is 27.0. The second kappa shape index (κ2) is 19.8. The number of sulfone groups is 1. The number of aliphatic hydroxyl groups excluding tert-OH is 1. The number of ether oxygens (including phenoxy) is 4. The molecule has 0 radical (unpaired) electrons. The third-order valence-electron chi connectivity index (χ3n) is 10.4. The number of aromatic nitrogens is 6. The van der Waals surface area contributed by atoms with Gasteiger partial charge in [-0.05, 0) is 96.8 Å². The lowest BCUT2D eigenvalue weighted by Gasteiger charge is -2.27. The number of carbonyl (C=O) groups excluding carboxylic acids is 1. The number of nitrogens with two attached hydrogens (primary N) is 1. The van der Waals surface area contributed by atoms with E-state index < -0.39 is 59.7 Å². The number of aliphatic hydroxyl groups is 1. The monoisotopic (exact) mass is 953 g/mol. The van der Waals surface area contributed by atoms with Gasteiger partial charge in [0.05, 0.1) is 67.8 Å². The minimum absolute atomic E-state index is 0.0808. The van der Waals surface area contributed by atoms with Gasteiger partial charge in [0.25, 0.3) is 0 Å². The summed E-state index contributed by atoms with van der Waals surface area (Å²) in [4.78, 5) is 20.3. The molecule has 1 atom stereocenters. The molecule has 0 aliphatic carbocycles. The van der Waals surface area contributed by atoms with E-state index in [0.29, 0.717) is 45.0 Å². The highest BCUT2D eigenvalue weighted by atomic mass is 32.2. The maximum absolute atomic E-state index is 16.1. The van der Waals surface area contributed by atoms with Crippen molar-refractivity contribution in [1.82, 2.24) is 39.8 Å². The molecular weight excluding hydrogens is 903 g/mol. The van der Waals surface area contributed by atoms with E-state index in [1.807, 2.05) is 0 Å². The molecule has 2 aromatic heterocycles. The number of aromatic amines is 1. The van der Waals surface area contributed by atoms with Crippen LogP contribution in [0, 0.1) is 0 Å². The molecule has 19 nitrogen and oxygen atoms in total. The Balaban J connectivity index is 1.50. The van der Waals surface area contributed by atoms with E-state index in [-0.39, 0.29) is 42.5 Å². The van der Waals surface area contributed by atoms with Crippen molar-refractivity contribution in [2.24, 2.45) is 0 Å².